The number of furan rings is 1. The fraction of sp³-hybridized carbons (Fsp3) is 0.308. The van der Waals surface area contributed by atoms with Crippen LogP contribution in [0.15, 0.2) is 45.1 Å². The number of imidazole rings is 1. The van der Waals surface area contributed by atoms with E-state index in [4.69, 9.17) is 8.94 Å². The molecular formula is C13H15N5O4S. The normalized spacial score (nSPS) is 12.0. The Balaban J connectivity index is 1.77. The van der Waals surface area contributed by atoms with E-state index >= 15 is 0 Å². The van der Waals surface area contributed by atoms with Gasteiger partial charge in [-0.25, -0.2) is 9.71 Å². The molecule has 0 aromatic carbocycles. The zero-order valence-electron chi connectivity index (χ0n) is 12.5. The van der Waals surface area contributed by atoms with Gasteiger partial charge in [0.25, 0.3) is 21.9 Å². The van der Waals surface area contributed by atoms with Gasteiger partial charge in [-0.2, -0.15) is 13.4 Å². The smallest absolute Gasteiger partial charge is 0.283 e. The minimum Gasteiger partial charge on any atom is -0.472 e. The summed E-state index contributed by atoms with van der Waals surface area (Å²) in [6.45, 7) is 4.74. The van der Waals surface area contributed by atoms with Crippen LogP contribution in [0.2, 0.25) is 0 Å². The van der Waals surface area contributed by atoms with E-state index in [1.807, 2.05) is 13.8 Å². The second kappa shape index (κ2) is 5.88. The molecule has 0 amide bonds. The lowest BCUT2D eigenvalue weighted by molar-refractivity contribution is 0.432. The predicted molar refractivity (Wildman–Crippen MR) is 79.9 cm³/mol. The standard InChI is InChI=1S/C13H15N5O4S/c1-9(2)5-18-6-11(14-8-18)23(19,20)17-13-15-12(22-16-13)10-3-4-21-7-10/h3-4,6-9H,5H2,1-2H3,(H,16,17). The minimum atomic E-state index is -3.87. The third-order valence-corrected chi connectivity index (χ3v) is 4.09. The van der Waals surface area contributed by atoms with Gasteiger partial charge in [0.05, 0.1) is 18.2 Å². The van der Waals surface area contributed by atoms with E-state index in [9.17, 15) is 8.42 Å². The average molecular weight is 337 g/mol. The molecule has 23 heavy (non-hydrogen) atoms. The van der Waals surface area contributed by atoms with E-state index in [0.29, 0.717) is 18.0 Å². The van der Waals surface area contributed by atoms with Crippen LogP contribution in [0.25, 0.3) is 11.5 Å². The first-order valence-corrected chi connectivity index (χ1v) is 8.33. The van der Waals surface area contributed by atoms with Crippen molar-refractivity contribution in [3.63, 3.8) is 0 Å². The molecule has 1 N–H and O–H groups in total. The summed E-state index contributed by atoms with van der Waals surface area (Å²) >= 11 is 0. The van der Waals surface area contributed by atoms with E-state index in [-0.39, 0.29) is 16.9 Å². The second-order valence-corrected chi connectivity index (χ2v) is 6.97. The van der Waals surface area contributed by atoms with Crippen molar-refractivity contribution < 1.29 is 17.4 Å². The summed E-state index contributed by atoms with van der Waals surface area (Å²) in [5.41, 5.74) is 0.559. The van der Waals surface area contributed by atoms with Crippen LogP contribution in [0, 0.1) is 5.92 Å². The Labute approximate surface area is 132 Å². The molecule has 0 saturated carbocycles. The van der Waals surface area contributed by atoms with Crippen LogP contribution < -0.4 is 4.72 Å². The maximum Gasteiger partial charge on any atom is 0.283 e. The maximum absolute atomic E-state index is 12.3. The highest BCUT2D eigenvalue weighted by Gasteiger charge is 2.21. The maximum atomic E-state index is 12.3. The van der Waals surface area contributed by atoms with Crippen molar-refractivity contribution in [3.05, 3.63) is 31.1 Å². The van der Waals surface area contributed by atoms with Gasteiger partial charge < -0.3 is 13.5 Å². The fourth-order valence-electron chi connectivity index (χ4n) is 1.94. The van der Waals surface area contributed by atoms with Gasteiger partial charge in [-0.15, -0.1) is 0 Å². The Kier molecular flexibility index (Phi) is 3.90. The van der Waals surface area contributed by atoms with Crippen LogP contribution in [0.5, 0.6) is 0 Å². The molecule has 0 radical (unpaired) electrons. The van der Waals surface area contributed by atoms with Crippen LogP contribution in [0.3, 0.4) is 0 Å². The van der Waals surface area contributed by atoms with Crippen molar-refractivity contribution in [2.75, 3.05) is 4.72 Å². The Hall–Kier alpha value is -2.62. The van der Waals surface area contributed by atoms with Crippen LogP contribution >= 0.6 is 0 Å². The molecule has 0 spiro atoms. The van der Waals surface area contributed by atoms with Gasteiger partial charge in [-0.1, -0.05) is 13.8 Å². The Bertz CT molecular complexity index is 879. The van der Waals surface area contributed by atoms with Crippen LogP contribution in [0.4, 0.5) is 5.95 Å². The summed E-state index contributed by atoms with van der Waals surface area (Å²) < 4.78 is 38.4. The number of rotatable bonds is 6. The lowest BCUT2D eigenvalue weighted by Gasteiger charge is -2.04. The topological polar surface area (TPSA) is 116 Å². The molecule has 0 aliphatic carbocycles. The lowest BCUT2D eigenvalue weighted by Crippen LogP contribution is -2.14. The fourth-order valence-corrected chi connectivity index (χ4v) is 2.83. The Morgan fingerprint density at radius 3 is 2.91 bits per heavy atom. The number of anilines is 1. The van der Waals surface area contributed by atoms with Crippen molar-refractivity contribution in [2.45, 2.75) is 25.4 Å². The summed E-state index contributed by atoms with van der Waals surface area (Å²) in [6, 6.07) is 1.62. The Morgan fingerprint density at radius 2 is 2.22 bits per heavy atom. The highest BCUT2D eigenvalue weighted by Crippen LogP contribution is 2.20. The molecule has 0 atom stereocenters. The van der Waals surface area contributed by atoms with E-state index in [0.717, 1.165) is 0 Å². The van der Waals surface area contributed by atoms with Crippen molar-refractivity contribution in [2.24, 2.45) is 5.92 Å². The van der Waals surface area contributed by atoms with Gasteiger partial charge in [0.1, 0.15) is 6.26 Å². The van der Waals surface area contributed by atoms with E-state index < -0.39 is 10.0 Å². The molecule has 3 heterocycles. The molecule has 10 heteroatoms. The SMILES string of the molecule is CC(C)Cn1cnc(S(=O)(=O)Nc2noc(-c3ccoc3)n2)c1. The minimum absolute atomic E-state index is 0.104. The molecule has 9 nitrogen and oxygen atoms in total. The van der Waals surface area contributed by atoms with Crippen molar-refractivity contribution >= 4 is 16.0 Å². The first-order chi connectivity index (χ1) is 10.9. The number of hydrogen-bond donors (Lipinski definition) is 1. The Morgan fingerprint density at radius 1 is 1.39 bits per heavy atom. The summed E-state index contributed by atoms with van der Waals surface area (Å²) in [5.74, 6) is 0.365. The van der Waals surface area contributed by atoms with E-state index in [2.05, 4.69) is 19.8 Å². The van der Waals surface area contributed by atoms with E-state index in [1.165, 1.54) is 25.1 Å². The lowest BCUT2D eigenvalue weighted by atomic mass is 10.2. The monoisotopic (exact) mass is 337 g/mol. The van der Waals surface area contributed by atoms with Crippen molar-refractivity contribution in [3.8, 4) is 11.5 Å². The molecule has 0 unspecified atom stereocenters. The second-order valence-electron chi connectivity index (χ2n) is 5.34. The highest BCUT2D eigenvalue weighted by molar-refractivity contribution is 7.92. The van der Waals surface area contributed by atoms with Gasteiger partial charge in [-0.05, 0) is 17.1 Å². The molecule has 0 bridgehead atoms. The molecule has 0 fully saturated rings. The molecule has 0 aliphatic rings. The summed E-state index contributed by atoms with van der Waals surface area (Å²) in [4.78, 5) is 7.86. The van der Waals surface area contributed by atoms with E-state index in [1.54, 1.807) is 10.6 Å². The van der Waals surface area contributed by atoms with Crippen LogP contribution in [0.1, 0.15) is 13.8 Å². The van der Waals surface area contributed by atoms with Gasteiger partial charge in [0.2, 0.25) is 0 Å². The number of nitrogens with one attached hydrogen (secondary N) is 1. The summed E-state index contributed by atoms with van der Waals surface area (Å²) in [7, 11) is -3.87. The third kappa shape index (κ3) is 3.42. The number of sulfonamides is 1. The zero-order valence-corrected chi connectivity index (χ0v) is 13.3. The summed E-state index contributed by atoms with van der Waals surface area (Å²) in [6.07, 6.45) is 5.80. The predicted octanol–water partition coefficient (Wildman–Crippen LogP) is 1.98. The summed E-state index contributed by atoms with van der Waals surface area (Å²) in [5, 5.41) is 3.48. The third-order valence-electron chi connectivity index (χ3n) is 2.88. The quantitative estimate of drug-likeness (QED) is 0.731. The first-order valence-electron chi connectivity index (χ1n) is 6.85. The van der Waals surface area contributed by atoms with Gasteiger partial charge in [0.15, 0.2) is 5.03 Å². The van der Waals surface area contributed by atoms with Gasteiger partial charge in [-0.3, -0.25) is 0 Å². The van der Waals surface area contributed by atoms with Gasteiger partial charge in [0, 0.05) is 12.7 Å². The number of aromatic nitrogens is 4. The molecule has 0 aliphatic heterocycles. The molecule has 0 saturated heterocycles. The molecular weight excluding hydrogens is 322 g/mol. The molecule has 3 aromatic rings. The van der Waals surface area contributed by atoms with Gasteiger partial charge >= 0.3 is 0 Å². The first kappa shape index (κ1) is 15.3. The average Bonchev–Trinajstić information content (AvgIpc) is 3.17. The van der Waals surface area contributed by atoms with Crippen LogP contribution in [-0.2, 0) is 16.6 Å². The zero-order chi connectivity index (χ0) is 16.4. The molecule has 3 rings (SSSR count). The largest absolute Gasteiger partial charge is 0.472 e. The number of nitrogens with zero attached hydrogens (tertiary/aromatic N) is 4. The van der Waals surface area contributed by atoms with Crippen LogP contribution in [-0.4, -0.2) is 28.1 Å². The number of hydrogen-bond acceptors (Lipinski definition) is 7. The molecule has 3 aromatic heterocycles. The van der Waals surface area contributed by atoms with Crippen molar-refractivity contribution in [1.82, 2.24) is 19.7 Å². The van der Waals surface area contributed by atoms with Crippen molar-refractivity contribution in [1.29, 1.82) is 0 Å². The molecule has 122 valence electrons. The highest BCUT2D eigenvalue weighted by atomic mass is 32.2.